The standard InChI is InChI=1S/C12H14N2O2S2.ClH/c1-2-9-5-3-4-6-10(9)18(15,16)12-8-14-11(7-13)17-12;/h3-6,8H,2,7,13H2,1H3;1H. The fourth-order valence-corrected chi connectivity index (χ4v) is 4.43. The SMILES string of the molecule is CCc1ccccc1S(=O)(=O)c1cnc(CN)s1.Cl. The molecule has 1 aromatic heterocycles. The molecule has 4 nitrogen and oxygen atoms in total. The molecule has 0 aliphatic carbocycles. The molecule has 19 heavy (non-hydrogen) atoms. The van der Waals surface area contributed by atoms with Crippen LogP contribution in [0.2, 0.25) is 0 Å². The van der Waals surface area contributed by atoms with Gasteiger partial charge in [-0.2, -0.15) is 0 Å². The van der Waals surface area contributed by atoms with E-state index in [0.29, 0.717) is 16.3 Å². The summed E-state index contributed by atoms with van der Waals surface area (Å²) in [7, 11) is -3.47. The maximum absolute atomic E-state index is 12.5. The van der Waals surface area contributed by atoms with Crippen LogP contribution in [0.15, 0.2) is 39.6 Å². The van der Waals surface area contributed by atoms with Crippen molar-refractivity contribution in [2.75, 3.05) is 0 Å². The van der Waals surface area contributed by atoms with Crippen LogP contribution >= 0.6 is 23.7 Å². The maximum atomic E-state index is 12.5. The Kier molecular flexibility index (Phi) is 5.49. The van der Waals surface area contributed by atoms with Gasteiger partial charge in [-0.1, -0.05) is 25.1 Å². The number of thiazole rings is 1. The van der Waals surface area contributed by atoms with Gasteiger partial charge in [0.1, 0.15) is 9.22 Å². The van der Waals surface area contributed by atoms with Crippen molar-refractivity contribution in [3.8, 4) is 0 Å². The molecule has 1 aromatic carbocycles. The highest BCUT2D eigenvalue weighted by Gasteiger charge is 2.22. The molecule has 0 radical (unpaired) electrons. The van der Waals surface area contributed by atoms with Gasteiger partial charge < -0.3 is 5.73 Å². The number of nitrogens with two attached hydrogens (primary N) is 1. The van der Waals surface area contributed by atoms with E-state index in [1.807, 2.05) is 19.1 Å². The van der Waals surface area contributed by atoms with Gasteiger partial charge in [-0.3, -0.25) is 0 Å². The minimum Gasteiger partial charge on any atom is -0.325 e. The van der Waals surface area contributed by atoms with E-state index in [9.17, 15) is 8.42 Å². The first kappa shape index (κ1) is 16.1. The summed E-state index contributed by atoms with van der Waals surface area (Å²) in [5.41, 5.74) is 6.27. The number of nitrogens with zero attached hydrogens (tertiary/aromatic N) is 1. The van der Waals surface area contributed by atoms with E-state index < -0.39 is 9.84 Å². The lowest BCUT2D eigenvalue weighted by Gasteiger charge is -2.06. The Morgan fingerprint density at radius 1 is 1.32 bits per heavy atom. The van der Waals surface area contributed by atoms with Crippen molar-refractivity contribution < 1.29 is 8.42 Å². The van der Waals surface area contributed by atoms with Crippen LogP contribution in [0.1, 0.15) is 17.5 Å². The summed E-state index contributed by atoms with van der Waals surface area (Å²) < 4.78 is 25.2. The van der Waals surface area contributed by atoms with Gasteiger partial charge in [0.25, 0.3) is 0 Å². The van der Waals surface area contributed by atoms with Crippen LogP contribution in [0.4, 0.5) is 0 Å². The summed E-state index contributed by atoms with van der Waals surface area (Å²) in [6, 6.07) is 7.04. The summed E-state index contributed by atoms with van der Waals surface area (Å²) in [5, 5.41) is 0.627. The summed E-state index contributed by atoms with van der Waals surface area (Å²) >= 11 is 1.13. The van der Waals surface area contributed by atoms with Crippen LogP contribution in [0.5, 0.6) is 0 Å². The zero-order valence-electron chi connectivity index (χ0n) is 10.4. The summed E-state index contributed by atoms with van der Waals surface area (Å²) in [6.07, 6.45) is 2.06. The minimum absolute atomic E-state index is 0. The van der Waals surface area contributed by atoms with Crippen molar-refractivity contribution in [3.05, 3.63) is 41.0 Å². The predicted molar refractivity (Wildman–Crippen MR) is 78.5 cm³/mol. The van der Waals surface area contributed by atoms with Crippen molar-refractivity contribution in [3.63, 3.8) is 0 Å². The molecule has 0 spiro atoms. The van der Waals surface area contributed by atoms with Gasteiger partial charge in [0, 0.05) is 6.54 Å². The maximum Gasteiger partial charge on any atom is 0.217 e. The summed E-state index contributed by atoms with van der Waals surface area (Å²) in [5.74, 6) is 0. The largest absolute Gasteiger partial charge is 0.325 e. The van der Waals surface area contributed by atoms with Crippen molar-refractivity contribution >= 4 is 33.6 Å². The van der Waals surface area contributed by atoms with Gasteiger partial charge in [0.15, 0.2) is 0 Å². The lowest BCUT2D eigenvalue weighted by atomic mass is 10.2. The topological polar surface area (TPSA) is 73.0 Å². The molecule has 2 rings (SSSR count). The van der Waals surface area contributed by atoms with Gasteiger partial charge in [-0.05, 0) is 18.1 Å². The van der Waals surface area contributed by atoms with Crippen LogP contribution in [0.3, 0.4) is 0 Å². The van der Waals surface area contributed by atoms with E-state index in [1.54, 1.807) is 12.1 Å². The third kappa shape index (κ3) is 3.14. The smallest absolute Gasteiger partial charge is 0.217 e. The second kappa shape index (κ2) is 6.47. The van der Waals surface area contributed by atoms with E-state index in [0.717, 1.165) is 16.9 Å². The molecule has 0 fully saturated rings. The highest BCUT2D eigenvalue weighted by Crippen LogP contribution is 2.28. The van der Waals surface area contributed by atoms with E-state index in [1.165, 1.54) is 6.20 Å². The van der Waals surface area contributed by atoms with Gasteiger partial charge in [0.05, 0.1) is 11.1 Å². The molecule has 104 valence electrons. The van der Waals surface area contributed by atoms with E-state index in [4.69, 9.17) is 5.73 Å². The summed E-state index contributed by atoms with van der Waals surface area (Å²) in [4.78, 5) is 4.36. The molecule has 2 N–H and O–H groups in total. The van der Waals surface area contributed by atoms with Crippen molar-refractivity contribution in [2.45, 2.75) is 29.0 Å². The molecular weight excluding hydrogens is 304 g/mol. The molecule has 0 aliphatic heterocycles. The predicted octanol–water partition coefficient (Wildman–Crippen LogP) is 2.42. The van der Waals surface area contributed by atoms with Crippen LogP contribution in [0.25, 0.3) is 0 Å². The Hall–Kier alpha value is -0.950. The third-order valence-corrected chi connectivity index (χ3v) is 5.95. The number of halogens is 1. The Labute approximate surface area is 123 Å². The second-order valence-corrected chi connectivity index (χ2v) is 7.00. The van der Waals surface area contributed by atoms with Crippen molar-refractivity contribution in [1.82, 2.24) is 4.98 Å². The zero-order chi connectivity index (χ0) is 13.2. The van der Waals surface area contributed by atoms with Crippen molar-refractivity contribution in [2.24, 2.45) is 5.73 Å². The summed E-state index contributed by atoms with van der Waals surface area (Å²) in [6.45, 7) is 2.20. The lowest BCUT2D eigenvalue weighted by Crippen LogP contribution is -2.03. The average Bonchev–Trinajstić information content (AvgIpc) is 2.88. The molecule has 1 heterocycles. The van der Waals surface area contributed by atoms with Crippen LogP contribution in [-0.4, -0.2) is 13.4 Å². The zero-order valence-corrected chi connectivity index (χ0v) is 12.8. The molecule has 0 saturated carbocycles. The van der Waals surface area contributed by atoms with E-state index in [2.05, 4.69) is 4.98 Å². The first-order valence-corrected chi connectivity index (χ1v) is 7.87. The monoisotopic (exact) mass is 318 g/mol. The number of benzene rings is 1. The van der Waals surface area contributed by atoms with Gasteiger partial charge in [0.2, 0.25) is 9.84 Å². The number of rotatable bonds is 4. The number of hydrogen-bond acceptors (Lipinski definition) is 5. The normalized spacial score (nSPS) is 11.1. The van der Waals surface area contributed by atoms with Crippen molar-refractivity contribution in [1.29, 1.82) is 0 Å². The fourth-order valence-electron chi connectivity index (χ4n) is 1.68. The molecule has 7 heteroatoms. The highest BCUT2D eigenvalue weighted by atomic mass is 35.5. The first-order chi connectivity index (χ1) is 8.59. The Morgan fingerprint density at radius 3 is 2.58 bits per heavy atom. The lowest BCUT2D eigenvalue weighted by molar-refractivity contribution is 0.597. The first-order valence-electron chi connectivity index (χ1n) is 5.57. The molecule has 0 bridgehead atoms. The number of aryl methyl sites for hydroxylation is 1. The van der Waals surface area contributed by atoms with Crippen LogP contribution < -0.4 is 5.73 Å². The number of aromatic nitrogens is 1. The van der Waals surface area contributed by atoms with E-state index in [-0.39, 0.29) is 23.2 Å². The molecule has 0 unspecified atom stereocenters. The molecule has 0 aliphatic rings. The molecule has 0 saturated heterocycles. The number of sulfone groups is 1. The minimum atomic E-state index is -3.47. The Balaban J connectivity index is 0.00000180. The average molecular weight is 319 g/mol. The third-order valence-electron chi connectivity index (χ3n) is 2.61. The second-order valence-electron chi connectivity index (χ2n) is 3.74. The Morgan fingerprint density at radius 2 is 2.00 bits per heavy atom. The van der Waals surface area contributed by atoms with Crippen LogP contribution in [-0.2, 0) is 22.8 Å². The van der Waals surface area contributed by atoms with Gasteiger partial charge in [-0.25, -0.2) is 13.4 Å². The van der Waals surface area contributed by atoms with Gasteiger partial charge >= 0.3 is 0 Å². The highest BCUT2D eigenvalue weighted by molar-refractivity contribution is 7.93. The van der Waals surface area contributed by atoms with Crippen LogP contribution in [0, 0.1) is 0 Å². The quantitative estimate of drug-likeness (QED) is 0.939. The van der Waals surface area contributed by atoms with Gasteiger partial charge in [-0.15, -0.1) is 23.7 Å². The molecule has 0 amide bonds. The molecule has 2 aromatic rings. The Bertz CT molecular complexity index is 653. The fraction of sp³-hybridized carbons (Fsp3) is 0.250. The molecule has 0 atom stereocenters. The van der Waals surface area contributed by atoms with E-state index >= 15 is 0 Å². The molecular formula is C12H15ClN2O2S2. The number of hydrogen-bond donors (Lipinski definition) is 1.